The molecule has 0 bridgehead atoms. The predicted molar refractivity (Wildman–Crippen MR) is 63.1 cm³/mol. The van der Waals surface area contributed by atoms with Crippen LogP contribution in [0.25, 0.3) is 11.0 Å². The molecule has 0 atom stereocenters. The van der Waals surface area contributed by atoms with Crippen LogP contribution in [-0.2, 0) is 0 Å². The number of anilines is 1. The van der Waals surface area contributed by atoms with E-state index in [-0.39, 0.29) is 24.8 Å². The molecule has 78 valence electrons. The van der Waals surface area contributed by atoms with Gasteiger partial charge in [-0.25, -0.2) is 4.98 Å². The molecule has 1 heterocycles. The molecular formula is C8H12Cl2N4. The Bertz CT molecular complexity index is 413. The van der Waals surface area contributed by atoms with Gasteiger partial charge in [-0.3, -0.25) is 5.84 Å². The highest BCUT2D eigenvalue weighted by molar-refractivity contribution is 5.85. The highest BCUT2D eigenvalue weighted by Crippen LogP contribution is 2.15. The zero-order valence-corrected chi connectivity index (χ0v) is 9.21. The maximum atomic E-state index is 5.26. The second-order valence-electron chi connectivity index (χ2n) is 2.70. The summed E-state index contributed by atoms with van der Waals surface area (Å²) in [4.78, 5) is 7.39. The summed E-state index contributed by atoms with van der Waals surface area (Å²) in [7, 11) is 0. The lowest BCUT2D eigenvalue weighted by Crippen LogP contribution is -2.05. The summed E-state index contributed by atoms with van der Waals surface area (Å²) >= 11 is 0. The van der Waals surface area contributed by atoms with Crippen molar-refractivity contribution < 1.29 is 0 Å². The normalized spacial score (nSPS) is 9.00. The van der Waals surface area contributed by atoms with Gasteiger partial charge in [-0.1, -0.05) is 0 Å². The zero-order chi connectivity index (χ0) is 8.55. The lowest BCUT2D eigenvalue weighted by molar-refractivity contribution is 1.17. The molecule has 1 aromatic carbocycles. The number of halogens is 2. The van der Waals surface area contributed by atoms with Crippen LogP contribution in [0.1, 0.15) is 5.82 Å². The van der Waals surface area contributed by atoms with E-state index in [4.69, 9.17) is 5.84 Å². The molecule has 0 aliphatic rings. The number of rotatable bonds is 1. The molecule has 0 saturated carbocycles. The average molecular weight is 235 g/mol. The number of nitrogens with one attached hydrogen (secondary N) is 2. The maximum absolute atomic E-state index is 5.26. The molecule has 2 rings (SSSR count). The van der Waals surface area contributed by atoms with Gasteiger partial charge >= 0.3 is 0 Å². The molecule has 4 nitrogen and oxygen atoms in total. The fraction of sp³-hybridized carbons (Fsp3) is 0.125. The predicted octanol–water partition coefficient (Wildman–Crippen LogP) is 2.00. The van der Waals surface area contributed by atoms with Gasteiger partial charge < -0.3 is 10.4 Å². The van der Waals surface area contributed by atoms with Crippen molar-refractivity contribution in [3.63, 3.8) is 0 Å². The highest BCUT2D eigenvalue weighted by Gasteiger charge is 1.98. The SMILES string of the molecule is Cc1nc2ccc(NN)cc2[nH]1.Cl.Cl. The topological polar surface area (TPSA) is 66.7 Å². The van der Waals surface area contributed by atoms with Crippen LogP contribution >= 0.6 is 24.8 Å². The number of hydrogen-bond acceptors (Lipinski definition) is 3. The van der Waals surface area contributed by atoms with E-state index >= 15 is 0 Å². The molecule has 4 N–H and O–H groups in total. The number of aryl methyl sites for hydroxylation is 1. The molecule has 0 aliphatic carbocycles. The number of nitrogens with zero attached hydrogens (tertiary/aromatic N) is 1. The summed E-state index contributed by atoms with van der Waals surface area (Å²) in [6.07, 6.45) is 0. The first-order valence-corrected chi connectivity index (χ1v) is 3.72. The van der Waals surface area contributed by atoms with Gasteiger partial charge in [0.15, 0.2) is 0 Å². The van der Waals surface area contributed by atoms with Crippen LogP contribution in [0.4, 0.5) is 5.69 Å². The van der Waals surface area contributed by atoms with Gasteiger partial charge in [-0.15, -0.1) is 24.8 Å². The lowest BCUT2D eigenvalue weighted by Gasteiger charge is -1.96. The van der Waals surface area contributed by atoms with Gasteiger partial charge in [0.25, 0.3) is 0 Å². The minimum Gasteiger partial charge on any atom is -0.342 e. The number of nitrogens with two attached hydrogens (primary N) is 1. The van der Waals surface area contributed by atoms with Crippen LogP contribution < -0.4 is 11.3 Å². The summed E-state index contributed by atoms with van der Waals surface area (Å²) < 4.78 is 0. The van der Waals surface area contributed by atoms with E-state index in [0.29, 0.717) is 0 Å². The Balaban J connectivity index is 0.000000845. The third kappa shape index (κ3) is 2.29. The third-order valence-electron chi connectivity index (χ3n) is 1.77. The number of H-pyrrole nitrogens is 1. The van der Waals surface area contributed by atoms with Crippen LogP contribution in [-0.4, -0.2) is 9.97 Å². The fourth-order valence-electron chi connectivity index (χ4n) is 1.23. The molecule has 0 fully saturated rings. The van der Waals surface area contributed by atoms with E-state index in [0.717, 1.165) is 22.5 Å². The van der Waals surface area contributed by atoms with Crippen molar-refractivity contribution in [1.29, 1.82) is 0 Å². The number of hydrazine groups is 1. The number of nitrogen functional groups attached to an aromatic ring is 1. The standard InChI is InChI=1S/C8H10N4.2ClH/c1-5-10-7-3-2-6(12-9)4-8(7)11-5;;/h2-4,12H,9H2,1H3,(H,10,11);2*1H. The molecule has 0 saturated heterocycles. The van der Waals surface area contributed by atoms with Crippen LogP contribution in [0.5, 0.6) is 0 Å². The van der Waals surface area contributed by atoms with Gasteiger partial charge in [0.05, 0.1) is 16.7 Å². The Morgan fingerprint density at radius 2 is 2.07 bits per heavy atom. The average Bonchev–Trinajstić information content (AvgIpc) is 2.43. The molecule has 0 spiro atoms. The first-order chi connectivity index (χ1) is 5.79. The van der Waals surface area contributed by atoms with Gasteiger partial charge in [0, 0.05) is 0 Å². The number of hydrogen-bond donors (Lipinski definition) is 3. The Morgan fingerprint density at radius 3 is 2.71 bits per heavy atom. The molecule has 0 amide bonds. The Morgan fingerprint density at radius 1 is 1.36 bits per heavy atom. The lowest BCUT2D eigenvalue weighted by atomic mass is 10.3. The largest absolute Gasteiger partial charge is 0.342 e. The molecule has 6 heteroatoms. The number of benzene rings is 1. The quantitative estimate of drug-likeness (QED) is 0.523. The van der Waals surface area contributed by atoms with Crippen LogP contribution in [0, 0.1) is 6.92 Å². The van der Waals surface area contributed by atoms with Crippen molar-refractivity contribution in [2.75, 3.05) is 5.43 Å². The number of fused-ring (bicyclic) bond motifs is 1. The zero-order valence-electron chi connectivity index (χ0n) is 7.57. The molecule has 14 heavy (non-hydrogen) atoms. The van der Waals surface area contributed by atoms with E-state index in [9.17, 15) is 0 Å². The highest BCUT2D eigenvalue weighted by atomic mass is 35.5. The number of aromatic nitrogens is 2. The van der Waals surface area contributed by atoms with Crippen molar-refractivity contribution in [3.05, 3.63) is 24.0 Å². The van der Waals surface area contributed by atoms with Crippen molar-refractivity contribution in [1.82, 2.24) is 9.97 Å². The molecule has 0 aliphatic heterocycles. The monoisotopic (exact) mass is 234 g/mol. The van der Waals surface area contributed by atoms with E-state index in [2.05, 4.69) is 15.4 Å². The summed E-state index contributed by atoms with van der Waals surface area (Å²) in [6, 6.07) is 5.74. The van der Waals surface area contributed by atoms with Crippen molar-refractivity contribution in [3.8, 4) is 0 Å². The van der Waals surface area contributed by atoms with Gasteiger partial charge in [-0.05, 0) is 25.1 Å². The first-order valence-electron chi connectivity index (χ1n) is 3.72. The maximum Gasteiger partial charge on any atom is 0.104 e. The fourth-order valence-corrected chi connectivity index (χ4v) is 1.23. The third-order valence-corrected chi connectivity index (χ3v) is 1.77. The van der Waals surface area contributed by atoms with E-state index < -0.39 is 0 Å². The Labute approximate surface area is 94.1 Å². The molecular weight excluding hydrogens is 223 g/mol. The van der Waals surface area contributed by atoms with Crippen molar-refractivity contribution in [2.24, 2.45) is 5.84 Å². The van der Waals surface area contributed by atoms with Crippen LogP contribution in [0.2, 0.25) is 0 Å². The number of aromatic amines is 1. The van der Waals surface area contributed by atoms with E-state index in [1.807, 2.05) is 25.1 Å². The minimum atomic E-state index is 0. The van der Waals surface area contributed by atoms with Gasteiger partial charge in [0.1, 0.15) is 5.82 Å². The Kier molecular flexibility index (Phi) is 4.70. The van der Waals surface area contributed by atoms with Crippen LogP contribution in [0.3, 0.4) is 0 Å². The second kappa shape index (κ2) is 5.05. The van der Waals surface area contributed by atoms with Crippen molar-refractivity contribution >= 4 is 41.5 Å². The molecule has 0 radical (unpaired) electrons. The van der Waals surface area contributed by atoms with Gasteiger partial charge in [-0.2, -0.15) is 0 Å². The molecule has 2 aromatic rings. The molecule has 1 aromatic heterocycles. The van der Waals surface area contributed by atoms with E-state index in [1.54, 1.807) is 0 Å². The second-order valence-corrected chi connectivity index (χ2v) is 2.70. The van der Waals surface area contributed by atoms with Crippen molar-refractivity contribution in [2.45, 2.75) is 6.92 Å². The minimum absolute atomic E-state index is 0. The first kappa shape index (κ1) is 13.0. The Hall–Kier alpha value is -0.970. The van der Waals surface area contributed by atoms with Gasteiger partial charge in [0.2, 0.25) is 0 Å². The number of imidazole rings is 1. The van der Waals surface area contributed by atoms with E-state index in [1.165, 1.54) is 0 Å². The smallest absolute Gasteiger partial charge is 0.104 e. The summed E-state index contributed by atoms with van der Waals surface area (Å²) in [5.41, 5.74) is 5.43. The molecule has 0 unspecified atom stereocenters. The summed E-state index contributed by atoms with van der Waals surface area (Å²) in [6.45, 7) is 1.93. The van der Waals surface area contributed by atoms with Crippen LogP contribution in [0.15, 0.2) is 18.2 Å². The summed E-state index contributed by atoms with van der Waals surface area (Å²) in [5, 5.41) is 0. The summed E-state index contributed by atoms with van der Waals surface area (Å²) in [5.74, 6) is 6.18.